The van der Waals surface area contributed by atoms with Crippen LogP contribution in [0.25, 0.3) is 11.3 Å². The van der Waals surface area contributed by atoms with Crippen molar-refractivity contribution in [2.75, 3.05) is 12.4 Å². The van der Waals surface area contributed by atoms with E-state index in [1.807, 2.05) is 37.4 Å². The van der Waals surface area contributed by atoms with E-state index in [0.29, 0.717) is 0 Å². The van der Waals surface area contributed by atoms with Gasteiger partial charge in [-0.25, -0.2) is 9.97 Å². The summed E-state index contributed by atoms with van der Waals surface area (Å²) in [6, 6.07) is 10.1. The first-order valence-corrected chi connectivity index (χ1v) is 6.34. The first-order valence-electron chi connectivity index (χ1n) is 5.54. The maximum atomic E-state index is 4.53. The topological polar surface area (TPSA) is 37.8 Å². The number of halogens is 1. The fourth-order valence-corrected chi connectivity index (χ4v) is 1.82. The predicted molar refractivity (Wildman–Crippen MR) is 74.1 cm³/mol. The molecule has 88 valence electrons. The van der Waals surface area contributed by atoms with E-state index in [9.17, 15) is 0 Å². The van der Waals surface area contributed by atoms with Gasteiger partial charge in [-0.05, 0) is 12.1 Å². The van der Waals surface area contributed by atoms with Crippen LogP contribution in [0.5, 0.6) is 0 Å². The maximum Gasteiger partial charge on any atom is 0.131 e. The van der Waals surface area contributed by atoms with E-state index in [1.165, 1.54) is 0 Å². The molecule has 4 heteroatoms. The monoisotopic (exact) mass is 291 g/mol. The molecule has 1 heterocycles. The molecule has 0 bridgehead atoms. The fourth-order valence-electron chi connectivity index (χ4n) is 1.55. The molecule has 17 heavy (non-hydrogen) atoms. The van der Waals surface area contributed by atoms with Gasteiger partial charge in [-0.2, -0.15) is 0 Å². The third kappa shape index (κ3) is 2.82. The SMILES string of the molecule is CCc1nc(NC)cc(-c2ccc(Br)cc2)n1. The van der Waals surface area contributed by atoms with Crippen LogP contribution in [0.3, 0.4) is 0 Å². The Morgan fingerprint density at radius 2 is 1.88 bits per heavy atom. The Hall–Kier alpha value is -1.42. The molecule has 0 aliphatic heterocycles. The maximum absolute atomic E-state index is 4.53. The molecular weight excluding hydrogens is 278 g/mol. The minimum Gasteiger partial charge on any atom is -0.373 e. The van der Waals surface area contributed by atoms with Crippen molar-refractivity contribution in [1.29, 1.82) is 0 Å². The Labute approximate surface area is 109 Å². The lowest BCUT2D eigenvalue weighted by molar-refractivity contribution is 0.945. The highest BCUT2D eigenvalue weighted by atomic mass is 79.9. The summed E-state index contributed by atoms with van der Waals surface area (Å²) in [5.41, 5.74) is 2.05. The van der Waals surface area contributed by atoms with E-state index in [2.05, 4.69) is 38.1 Å². The number of benzene rings is 1. The zero-order valence-electron chi connectivity index (χ0n) is 9.87. The molecule has 0 radical (unpaired) electrons. The van der Waals surface area contributed by atoms with Crippen molar-refractivity contribution in [3.63, 3.8) is 0 Å². The van der Waals surface area contributed by atoms with E-state index in [-0.39, 0.29) is 0 Å². The van der Waals surface area contributed by atoms with Gasteiger partial charge in [0.15, 0.2) is 0 Å². The Morgan fingerprint density at radius 3 is 2.47 bits per heavy atom. The van der Waals surface area contributed by atoms with Gasteiger partial charge in [0.05, 0.1) is 5.69 Å². The lowest BCUT2D eigenvalue weighted by Crippen LogP contribution is -2.00. The van der Waals surface area contributed by atoms with Gasteiger partial charge in [-0.15, -0.1) is 0 Å². The molecule has 2 aromatic rings. The van der Waals surface area contributed by atoms with Crippen molar-refractivity contribution >= 4 is 21.7 Å². The van der Waals surface area contributed by atoms with Crippen LogP contribution in [-0.2, 0) is 6.42 Å². The number of hydrogen-bond donors (Lipinski definition) is 1. The first kappa shape index (κ1) is 12.0. The van der Waals surface area contributed by atoms with E-state index < -0.39 is 0 Å². The quantitative estimate of drug-likeness (QED) is 0.940. The van der Waals surface area contributed by atoms with Crippen molar-refractivity contribution in [1.82, 2.24) is 9.97 Å². The minimum absolute atomic E-state index is 0.832. The van der Waals surface area contributed by atoms with Crippen LogP contribution in [0.4, 0.5) is 5.82 Å². The Morgan fingerprint density at radius 1 is 1.18 bits per heavy atom. The fraction of sp³-hybridized carbons (Fsp3) is 0.231. The lowest BCUT2D eigenvalue weighted by atomic mass is 10.1. The second kappa shape index (κ2) is 5.27. The molecule has 0 fully saturated rings. The van der Waals surface area contributed by atoms with Crippen molar-refractivity contribution < 1.29 is 0 Å². The average molecular weight is 292 g/mol. The highest BCUT2D eigenvalue weighted by Crippen LogP contribution is 2.22. The van der Waals surface area contributed by atoms with Crippen LogP contribution in [0, 0.1) is 0 Å². The summed E-state index contributed by atoms with van der Waals surface area (Å²) in [7, 11) is 1.87. The number of aromatic nitrogens is 2. The summed E-state index contributed by atoms with van der Waals surface area (Å²) in [4.78, 5) is 8.92. The number of anilines is 1. The van der Waals surface area contributed by atoms with Crippen molar-refractivity contribution in [3.8, 4) is 11.3 Å². The van der Waals surface area contributed by atoms with E-state index in [0.717, 1.165) is 33.8 Å². The average Bonchev–Trinajstić information content (AvgIpc) is 2.39. The number of nitrogens with one attached hydrogen (secondary N) is 1. The van der Waals surface area contributed by atoms with Gasteiger partial charge in [0.2, 0.25) is 0 Å². The summed E-state index contributed by atoms with van der Waals surface area (Å²) in [5.74, 6) is 1.71. The van der Waals surface area contributed by atoms with Gasteiger partial charge in [-0.1, -0.05) is 35.0 Å². The van der Waals surface area contributed by atoms with Crippen molar-refractivity contribution in [2.24, 2.45) is 0 Å². The molecule has 0 spiro atoms. The minimum atomic E-state index is 0.832. The summed E-state index contributed by atoms with van der Waals surface area (Å²) >= 11 is 3.43. The van der Waals surface area contributed by atoms with Gasteiger partial charge >= 0.3 is 0 Å². The zero-order valence-corrected chi connectivity index (χ0v) is 11.5. The van der Waals surface area contributed by atoms with Crippen LogP contribution in [0.1, 0.15) is 12.7 Å². The number of hydrogen-bond acceptors (Lipinski definition) is 3. The van der Waals surface area contributed by atoms with Gasteiger partial charge < -0.3 is 5.32 Å². The number of aryl methyl sites for hydroxylation is 1. The number of nitrogens with zero attached hydrogens (tertiary/aromatic N) is 2. The standard InChI is InChI=1S/C13H14BrN3/c1-3-12-16-11(8-13(15-2)17-12)9-4-6-10(14)7-5-9/h4-8H,3H2,1-2H3,(H,15,16,17). The van der Waals surface area contributed by atoms with Gasteiger partial charge in [-0.3, -0.25) is 0 Å². The van der Waals surface area contributed by atoms with Crippen molar-refractivity contribution in [3.05, 3.63) is 40.6 Å². The number of rotatable bonds is 3. The molecule has 0 aliphatic rings. The van der Waals surface area contributed by atoms with Gasteiger partial charge in [0.25, 0.3) is 0 Å². The molecule has 3 nitrogen and oxygen atoms in total. The van der Waals surface area contributed by atoms with Crippen LogP contribution in [0.15, 0.2) is 34.8 Å². The third-order valence-corrected chi connectivity index (χ3v) is 3.01. The summed E-state index contributed by atoms with van der Waals surface area (Å²) in [5, 5.41) is 3.06. The van der Waals surface area contributed by atoms with Crippen LogP contribution in [0.2, 0.25) is 0 Å². The molecule has 0 saturated carbocycles. The van der Waals surface area contributed by atoms with E-state index in [4.69, 9.17) is 0 Å². The molecule has 1 aromatic heterocycles. The summed E-state index contributed by atoms with van der Waals surface area (Å²) in [6.45, 7) is 2.06. The zero-order chi connectivity index (χ0) is 12.3. The predicted octanol–water partition coefficient (Wildman–Crippen LogP) is 3.51. The molecule has 0 saturated heterocycles. The smallest absolute Gasteiger partial charge is 0.131 e. The molecule has 0 aliphatic carbocycles. The van der Waals surface area contributed by atoms with Crippen molar-refractivity contribution in [2.45, 2.75) is 13.3 Å². The molecule has 1 N–H and O–H groups in total. The molecule has 0 amide bonds. The van der Waals surface area contributed by atoms with Gasteiger partial charge in [0.1, 0.15) is 11.6 Å². The molecule has 1 aromatic carbocycles. The molecule has 2 rings (SSSR count). The summed E-state index contributed by atoms with van der Waals surface area (Å²) in [6.07, 6.45) is 0.832. The first-order chi connectivity index (χ1) is 8.22. The van der Waals surface area contributed by atoms with Crippen LogP contribution >= 0.6 is 15.9 Å². The largest absolute Gasteiger partial charge is 0.373 e. The molecule has 0 unspecified atom stereocenters. The van der Waals surface area contributed by atoms with E-state index in [1.54, 1.807) is 0 Å². The lowest BCUT2D eigenvalue weighted by Gasteiger charge is -2.07. The third-order valence-electron chi connectivity index (χ3n) is 2.48. The second-order valence-corrected chi connectivity index (χ2v) is 4.58. The van der Waals surface area contributed by atoms with Crippen LogP contribution < -0.4 is 5.32 Å². The molecule has 0 atom stereocenters. The Kier molecular flexibility index (Phi) is 3.74. The summed E-state index contributed by atoms with van der Waals surface area (Å²) < 4.78 is 1.07. The van der Waals surface area contributed by atoms with Crippen LogP contribution in [-0.4, -0.2) is 17.0 Å². The molecular formula is C13H14BrN3. The van der Waals surface area contributed by atoms with Gasteiger partial charge in [0, 0.05) is 29.6 Å². The second-order valence-electron chi connectivity index (χ2n) is 3.67. The highest BCUT2D eigenvalue weighted by molar-refractivity contribution is 9.10. The Bertz CT molecular complexity index is 486. The normalized spacial score (nSPS) is 10.3. The van der Waals surface area contributed by atoms with E-state index >= 15 is 0 Å². The highest BCUT2D eigenvalue weighted by Gasteiger charge is 2.04. The Balaban J connectivity index is 2.46.